The highest BCUT2D eigenvalue weighted by molar-refractivity contribution is 8.14. The van der Waals surface area contributed by atoms with Crippen LogP contribution in [-0.2, 0) is 4.79 Å². The first-order valence-corrected chi connectivity index (χ1v) is 7.07. The van der Waals surface area contributed by atoms with Gasteiger partial charge < -0.3 is 10.6 Å². The Hall–Kier alpha value is -1.70. The maximum atomic E-state index is 11.9. The van der Waals surface area contributed by atoms with Crippen molar-refractivity contribution in [1.82, 2.24) is 4.90 Å². The summed E-state index contributed by atoms with van der Waals surface area (Å²) < 4.78 is 0. The van der Waals surface area contributed by atoms with E-state index in [4.69, 9.17) is 5.73 Å². The fourth-order valence-corrected chi connectivity index (χ4v) is 2.73. The van der Waals surface area contributed by atoms with E-state index in [1.54, 1.807) is 4.90 Å². The Morgan fingerprint density at radius 1 is 1.42 bits per heavy atom. The van der Waals surface area contributed by atoms with Crippen LogP contribution in [0.1, 0.15) is 13.8 Å². The van der Waals surface area contributed by atoms with E-state index in [-0.39, 0.29) is 17.9 Å². The van der Waals surface area contributed by atoms with Crippen molar-refractivity contribution in [2.75, 3.05) is 18.8 Å². The number of nitrogens with zero attached hydrogens (tertiary/aromatic N) is 5. The molecule has 0 aromatic rings. The fraction of sp³-hybridized carbons (Fsp3) is 0.545. The first-order chi connectivity index (χ1) is 9.15. The van der Waals surface area contributed by atoms with Crippen LogP contribution >= 0.6 is 11.8 Å². The van der Waals surface area contributed by atoms with Gasteiger partial charge in [-0.3, -0.25) is 9.79 Å². The van der Waals surface area contributed by atoms with Crippen molar-refractivity contribution < 1.29 is 4.79 Å². The van der Waals surface area contributed by atoms with Crippen LogP contribution in [0.3, 0.4) is 0 Å². The molecule has 2 aliphatic rings. The smallest absolute Gasteiger partial charge is 0.232 e. The molecule has 0 fully saturated rings. The Labute approximate surface area is 115 Å². The lowest BCUT2D eigenvalue weighted by Crippen LogP contribution is -2.35. The predicted molar refractivity (Wildman–Crippen MR) is 79.2 cm³/mol. The van der Waals surface area contributed by atoms with Crippen molar-refractivity contribution in [3.8, 4) is 0 Å². The van der Waals surface area contributed by atoms with Crippen molar-refractivity contribution in [1.29, 1.82) is 0 Å². The van der Waals surface area contributed by atoms with Crippen molar-refractivity contribution in [2.45, 2.75) is 19.9 Å². The molecule has 0 spiro atoms. The van der Waals surface area contributed by atoms with E-state index in [0.717, 1.165) is 0 Å². The lowest BCUT2D eigenvalue weighted by Gasteiger charge is -2.20. The van der Waals surface area contributed by atoms with Gasteiger partial charge in [0.25, 0.3) is 0 Å². The Morgan fingerprint density at radius 2 is 2.16 bits per heavy atom. The van der Waals surface area contributed by atoms with Crippen molar-refractivity contribution in [3.63, 3.8) is 0 Å². The van der Waals surface area contributed by atoms with Crippen molar-refractivity contribution in [2.24, 2.45) is 25.7 Å². The number of guanidine groups is 1. The third-order valence-electron chi connectivity index (χ3n) is 2.80. The zero-order chi connectivity index (χ0) is 13.8. The fourth-order valence-electron chi connectivity index (χ4n) is 1.79. The second-order valence-corrected chi connectivity index (χ2v) is 4.92. The van der Waals surface area contributed by atoms with E-state index >= 15 is 0 Å². The summed E-state index contributed by atoms with van der Waals surface area (Å²) in [7, 11) is 0. The Kier molecular flexibility index (Phi) is 4.31. The SMILES string of the molecule is CCN(CC)C(=O)CSC1=NC(N)=NC2=NC=NC21. The second-order valence-electron chi connectivity index (χ2n) is 3.93. The number of thioether (sulfide) groups is 1. The Morgan fingerprint density at radius 3 is 2.84 bits per heavy atom. The first-order valence-electron chi connectivity index (χ1n) is 6.08. The topological polar surface area (TPSA) is 95.8 Å². The van der Waals surface area contributed by atoms with Gasteiger partial charge in [0.2, 0.25) is 11.9 Å². The molecule has 1 unspecified atom stereocenters. The van der Waals surface area contributed by atoms with Gasteiger partial charge in [0, 0.05) is 13.1 Å². The van der Waals surface area contributed by atoms with E-state index in [0.29, 0.717) is 29.7 Å². The van der Waals surface area contributed by atoms with Gasteiger partial charge in [-0.1, -0.05) is 11.8 Å². The minimum atomic E-state index is -0.290. The zero-order valence-corrected chi connectivity index (χ0v) is 11.7. The molecule has 1 atom stereocenters. The summed E-state index contributed by atoms with van der Waals surface area (Å²) in [5.74, 6) is 1.12. The molecule has 2 aliphatic heterocycles. The largest absolute Gasteiger partial charge is 0.368 e. The van der Waals surface area contributed by atoms with Crippen LogP contribution in [0, 0.1) is 0 Å². The maximum absolute atomic E-state index is 11.9. The van der Waals surface area contributed by atoms with Crippen LogP contribution in [0.4, 0.5) is 0 Å². The van der Waals surface area contributed by atoms with Crippen molar-refractivity contribution in [3.05, 3.63) is 0 Å². The number of aliphatic imine (C=N–C) groups is 4. The summed E-state index contributed by atoms with van der Waals surface area (Å²) in [4.78, 5) is 30.1. The third kappa shape index (κ3) is 3.01. The number of amidine groups is 1. The first kappa shape index (κ1) is 13.7. The summed E-state index contributed by atoms with van der Waals surface area (Å²) in [5, 5.41) is 0.681. The monoisotopic (exact) mass is 280 g/mol. The molecule has 0 saturated carbocycles. The molecule has 0 aromatic heterocycles. The van der Waals surface area contributed by atoms with Gasteiger partial charge in [0.05, 0.1) is 5.75 Å². The molecule has 19 heavy (non-hydrogen) atoms. The minimum absolute atomic E-state index is 0.0826. The average Bonchev–Trinajstić information content (AvgIpc) is 2.85. The van der Waals surface area contributed by atoms with Crippen LogP contribution in [0.2, 0.25) is 0 Å². The normalized spacial score (nSPS) is 20.5. The van der Waals surface area contributed by atoms with E-state index < -0.39 is 0 Å². The molecule has 2 N–H and O–H groups in total. The Bertz CT molecular complexity index is 491. The molecule has 7 nitrogen and oxygen atoms in total. The van der Waals surface area contributed by atoms with Gasteiger partial charge in [0.1, 0.15) is 11.4 Å². The molecule has 0 saturated heterocycles. The number of rotatable bonds is 4. The molecule has 0 radical (unpaired) electrons. The molecule has 8 heteroatoms. The molecule has 102 valence electrons. The van der Waals surface area contributed by atoms with E-state index in [2.05, 4.69) is 20.0 Å². The molecule has 0 aromatic carbocycles. The molecule has 0 bridgehead atoms. The quantitative estimate of drug-likeness (QED) is 0.792. The highest BCUT2D eigenvalue weighted by Gasteiger charge is 2.29. The number of fused-ring (bicyclic) bond motifs is 1. The van der Waals surface area contributed by atoms with E-state index in [1.165, 1.54) is 18.1 Å². The summed E-state index contributed by atoms with van der Waals surface area (Å²) in [5.41, 5.74) is 5.62. The van der Waals surface area contributed by atoms with Crippen LogP contribution in [-0.4, -0.2) is 58.9 Å². The van der Waals surface area contributed by atoms with Gasteiger partial charge in [-0.05, 0) is 13.8 Å². The van der Waals surface area contributed by atoms with Crippen LogP contribution in [0.5, 0.6) is 0 Å². The highest BCUT2D eigenvalue weighted by Crippen LogP contribution is 2.19. The lowest BCUT2D eigenvalue weighted by molar-refractivity contribution is -0.127. The molecular weight excluding hydrogens is 264 g/mol. The number of hydrogen-bond acceptors (Lipinski definition) is 7. The number of carbonyl (C=O) groups is 1. The standard InChI is InChI=1S/C11H16N6OS/c1-3-17(4-2)7(18)5-19-10-8-9(14-6-13-8)15-11(12)16-10/h6,8H,3-5H2,1-2H3,(H2,12,13,14,15). The van der Waals surface area contributed by atoms with Crippen LogP contribution < -0.4 is 5.73 Å². The predicted octanol–water partition coefficient (Wildman–Crippen LogP) is 0.124. The van der Waals surface area contributed by atoms with Gasteiger partial charge in [-0.25, -0.2) is 9.98 Å². The maximum Gasteiger partial charge on any atom is 0.232 e. The number of nitrogens with two attached hydrogens (primary N) is 1. The Balaban J connectivity index is 1.99. The molecule has 0 aliphatic carbocycles. The minimum Gasteiger partial charge on any atom is -0.368 e. The van der Waals surface area contributed by atoms with Crippen LogP contribution in [0.15, 0.2) is 20.0 Å². The van der Waals surface area contributed by atoms with E-state index in [9.17, 15) is 4.79 Å². The molecular formula is C11H16N6OS. The number of carbonyl (C=O) groups excluding carboxylic acids is 1. The summed E-state index contributed by atoms with van der Waals surface area (Å²) >= 11 is 1.35. The molecule has 2 rings (SSSR count). The molecule has 1 amide bonds. The highest BCUT2D eigenvalue weighted by atomic mass is 32.2. The summed E-state index contributed by atoms with van der Waals surface area (Å²) in [6.45, 7) is 5.34. The van der Waals surface area contributed by atoms with Crippen molar-refractivity contribution >= 4 is 40.8 Å². The second kappa shape index (κ2) is 5.96. The molecule has 2 heterocycles. The summed E-state index contributed by atoms with van der Waals surface area (Å²) in [6.07, 6.45) is 1.45. The van der Waals surface area contributed by atoms with Gasteiger partial charge >= 0.3 is 0 Å². The third-order valence-corrected chi connectivity index (χ3v) is 3.80. The zero-order valence-electron chi connectivity index (χ0n) is 10.9. The van der Waals surface area contributed by atoms with Gasteiger partial charge in [-0.15, -0.1) is 0 Å². The van der Waals surface area contributed by atoms with Gasteiger partial charge in [-0.2, -0.15) is 4.99 Å². The number of hydrogen-bond donors (Lipinski definition) is 1. The van der Waals surface area contributed by atoms with Crippen LogP contribution in [0.25, 0.3) is 0 Å². The summed E-state index contributed by atoms with van der Waals surface area (Å²) in [6, 6.07) is -0.290. The average molecular weight is 280 g/mol. The van der Waals surface area contributed by atoms with E-state index in [1.807, 2.05) is 13.8 Å². The van der Waals surface area contributed by atoms with Gasteiger partial charge in [0.15, 0.2) is 11.9 Å². The number of amides is 1. The lowest BCUT2D eigenvalue weighted by atomic mass is 10.3.